The molecule has 1 aromatic rings. The van der Waals surface area contributed by atoms with Crippen molar-refractivity contribution in [1.82, 2.24) is 0 Å². The zero-order valence-electron chi connectivity index (χ0n) is 11.8. The fraction of sp³-hybridized carbons (Fsp3) is 0.438. The molecule has 0 radical (unpaired) electrons. The lowest BCUT2D eigenvalue weighted by Crippen LogP contribution is -2.12. The second-order valence-corrected chi connectivity index (χ2v) is 4.54. The van der Waals surface area contributed by atoms with Gasteiger partial charge in [0, 0.05) is 17.7 Å². The summed E-state index contributed by atoms with van der Waals surface area (Å²) in [6, 6.07) is 5.76. The number of nitrogens with one attached hydrogen (secondary N) is 1. The summed E-state index contributed by atoms with van der Waals surface area (Å²) in [4.78, 5) is 11.7. The van der Waals surface area contributed by atoms with E-state index in [-0.39, 0.29) is 5.91 Å². The first-order valence-corrected chi connectivity index (χ1v) is 6.76. The molecule has 1 rings (SSSR count). The van der Waals surface area contributed by atoms with Crippen LogP contribution in [0.15, 0.2) is 18.2 Å². The standard InChI is InChI=1S/C16H22N2O/c1-3-4-5-8-16(19)18-15-10-9-14(7-6-11-17)12-13(15)2/h9-10,12H,3-5,8,11,17H2,1-2H3,(H,18,19). The Balaban J connectivity index is 2.62. The molecule has 0 aliphatic carbocycles. The average molecular weight is 258 g/mol. The predicted octanol–water partition coefficient (Wildman–Crippen LogP) is 2.82. The van der Waals surface area contributed by atoms with Crippen LogP contribution >= 0.6 is 0 Å². The fourth-order valence-electron chi connectivity index (χ4n) is 1.78. The second-order valence-electron chi connectivity index (χ2n) is 4.54. The molecule has 0 unspecified atom stereocenters. The van der Waals surface area contributed by atoms with Crippen molar-refractivity contribution in [1.29, 1.82) is 0 Å². The molecule has 102 valence electrons. The van der Waals surface area contributed by atoms with Gasteiger partial charge in [0.05, 0.1) is 6.54 Å². The van der Waals surface area contributed by atoms with Crippen LogP contribution in [0.1, 0.15) is 43.7 Å². The summed E-state index contributed by atoms with van der Waals surface area (Å²) in [5.74, 6) is 5.88. The summed E-state index contributed by atoms with van der Waals surface area (Å²) in [5.41, 5.74) is 8.14. The minimum absolute atomic E-state index is 0.0809. The smallest absolute Gasteiger partial charge is 0.224 e. The van der Waals surface area contributed by atoms with E-state index in [0.29, 0.717) is 13.0 Å². The number of rotatable bonds is 5. The lowest BCUT2D eigenvalue weighted by atomic mass is 10.1. The summed E-state index contributed by atoms with van der Waals surface area (Å²) in [7, 11) is 0. The Bertz CT molecular complexity index is 483. The fourth-order valence-corrected chi connectivity index (χ4v) is 1.78. The second kappa shape index (κ2) is 8.34. The number of amides is 1. The molecule has 0 bridgehead atoms. The summed E-state index contributed by atoms with van der Waals surface area (Å²) >= 11 is 0. The number of unbranched alkanes of at least 4 members (excludes halogenated alkanes) is 2. The molecule has 0 aliphatic rings. The van der Waals surface area contributed by atoms with Crippen LogP contribution in [-0.4, -0.2) is 12.5 Å². The van der Waals surface area contributed by atoms with Crippen LogP contribution < -0.4 is 11.1 Å². The first-order valence-electron chi connectivity index (χ1n) is 6.76. The van der Waals surface area contributed by atoms with E-state index < -0.39 is 0 Å². The van der Waals surface area contributed by atoms with E-state index in [9.17, 15) is 4.79 Å². The van der Waals surface area contributed by atoms with Gasteiger partial charge in [0.15, 0.2) is 0 Å². The van der Waals surface area contributed by atoms with Crippen LogP contribution in [0.5, 0.6) is 0 Å². The lowest BCUT2D eigenvalue weighted by molar-refractivity contribution is -0.116. The number of benzene rings is 1. The SMILES string of the molecule is CCCCCC(=O)Nc1ccc(C#CCN)cc1C. The highest BCUT2D eigenvalue weighted by molar-refractivity contribution is 5.91. The number of aryl methyl sites for hydroxylation is 1. The molecule has 0 heterocycles. The zero-order valence-corrected chi connectivity index (χ0v) is 11.8. The molecule has 3 nitrogen and oxygen atoms in total. The monoisotopic (exact) mass is 258 g/mol. The van der Waals surface area contributed by atoms with Gasteiger partial charge in [-0.05, 0) is 37.1 Å². The molecule has 0 aliphatic heterocycles. The van der Waals surface area contributed by atoms with E-state index in [4.69, 9.17) is 5.73 Å². The third-order valence-electron chi connectivity index (χ3n) is 2.84. The Labute approximate surface area is 115 Å². The minimum atomic E-state index is 0.0809. The molecule has 1 aromatic carbocycles. The van der Waals surface area contributed by atoms with Gasteiger partial charge >= 0.3 is 0 Å². The highest BCUT2D eigenvalue weighted by Crippen LogP contribution is 2.16. The van der Waals surface area contributed by atoms with E-state index in [1.807, 2.05) is 25.1 Å². The molecule has 0 saturated carbocycles. The number of hydrogen-bond donors (Lipinski definition) is 2. The molecule has 0 aromatic heterocycles. The average Bonchev–Trinajstić information content (AvgIpc) is 2.39. The van der Waals surface area contributed by atoms with Gasteiger partial charge in [0.1, 0.15) is 0 Å². The quantitative estimate of drug-likeness (QED) is 0.630. The van der Waals surface area contributed by atoms with Crippen LogP contribution in [0, 0.1) is 18.8 Å². The van der Waals surface area contributed by atoms with Gasteiger partial charge in [0.25, 0.3) is 0 Å². The van der Waals surface area contributed by atoms with E-state index in [1.165, 1.54) is 0 Å². The van der Waals surface area contributed by atoms with Crippen LogP contribution in [-0.2, 0) is 4.79 Å². The first kappa shape index (κ1) is 15.3. The highest BCUT2D eigenvalue weighted by atomic mass is 16.1. The van der Waals surface area contributed by atoms with Gasteiger partial charge in [-0.2, -0.15) is 0 Å². The van der Waals surface area contributed by atoms with Crippen molar-refractivity contribution in [3.63, 3.8) is 0 Å². The normalized spacial score (nSPS) is 9.63. The third kappa shape index (κ3) is 5.58. The Morgan fingerprint density at radius 3 is 2.79 bits per heavy atom. The van der Waals surface area contributed by atoms with Crippen LogP contribution in [0.2, 0.25) is 0 Å². The van der Waals surface area contributed by atoms with Crippen molar-refractivity contribution in [3.05, 3.63) is 29.3 Å². The van der Waals surface area contributed by atoms with Crippen molar-refractivity contribution in [3.8, 4) is 11.8 Å². The van der Waals surface area contributed by atoms with Crippen LogP contribution in [0.3, 0.4) is 0 Å². The Morgan fingerprint density at radius 2 is 2.16 bits per heavy atom. The number of anilines is 1. The van der Waals surface area contributed by atoms with Crippen LogP contribution in [0.4, 0.5) is 5.69 Å². The maximum Gasteiger partial charge on any atom is 0.224 e. The molecule has 0 atom stereocenters. The molecular weight excluding hydrogens is 236 g/mol. The molecule has 0 saturated heterocycles. The van der Waals surface area contributed by atoms with Gasteiger partial charge in [-0.25, -0.2) is 0 Å². The zero-order chi connectivity index (χ0) is 14.1. The summed E-state index contributed by atoms with van der Waals surface area (Å²) < 4.78 is 0. The van der Waals surface area contributed by atoms with Gasteiger partial charge < -0.3 is 11.1 Å². The summed E-state index contributed by atoms with van der Waals surface area (Å²) in [6.07, 6.45) is 3.75. The molecule has 3 N–H and O–H groups in total. The number of nitrogens with two attached hydrogens (primary N) is 1. The summed E-state index contributed by atoms with van der Waals surface area (Å²) in [6.45, 7) is 4.45. The molecule has 3 heteroatoms. The van der Waals surface area contributed by atoms with E-state index in [1.54, 1.807) is 0 Å². The number of hydrogen-bond acceptors (Lipinski definition) is 2. The van der Waals surface area contributed by atoms with Crippen molar-refractivity contribution in [2.75, 3.05) is 11.9 Å². The predicted molar refractivity (Wildman–Crippen MR) is 79.9 cm³/mol. The van der Waals surface area contributed by atoms with Gasteiger partial charge in [-0.3, -0.25) is 4.79 Å². The molecule has 0 spiro atoms. The molecular formula is C16H22N2O. The largest absolute Gasteiger partial charge is 0.326 e. The Hall–Kier alpha value is -1.79. The summed E-state index contributed by atoms with van der Waals surface area (Å²) in [5, 5.41) is 2.94. The Morgan fingerprint density at radius 1 is 1.37 bits per heavy atom. The maximum absolute atomic E-state index is 11.7. The van der Waals surface area contributed by atoms with Crippen molar-refractivity contribution < 1.29 is 4.79 Å². The van der Waals surface area contributed by atoms with Crippen LogP contribution in [0.25, 0.3) is 0 Å². The van der Waals surface area contributed by atoms with E-state index in [0.717, 1.165) is 36.1 Å². The molecule has 19 heavy (non-hydrogen) atoms. The van der Waals surface area contributed by atoms with Crippen molar-refractivity contribution >= 4 is 11.6 Å². The lowest BCUT2D eigenvalue weighted by Gasteiger charge is -2.08. The third-order valence-corrected chi connectivity index (χ3v) is 2.84. The first-order chi connectivity index (χ1) is 9.17. The molecule has 1 amide bonds. The van der Waals surface area contributed by atoms with Gasteiger partial charge in [0.2, 0.25) is 5.91 Å². The van der Waals surface area contributed by atoms with E-state index >= 15 is 0 Å². The molecule has 0 fully saturated rings. The van der Waals surface area contributed by atoms with Crippen molar-refractivity contribution in [2.45, 2.75) is 39.5 Å². The topological polar surface area (TPSA) is 55.1 Å². The van der Waals surface area contributed by atoms with E-state index in [2.05, 4.69) is 24.1 Å². The minimum Gasteiger partial charge on any atom is -0.326 e. The van der Waals surface area contributed by atoms with Gasteiger partial charge in [-0.1, -0.05) is 31.6 Å². The maximum atomic E-state index is 11.7. The van der Waals surface area contributed by atoms with Gasteiger partial charge in [-0.15, -0.1) is 0 Å². The number of carbonyl (C=O) groups excluding carboxylic acids is 1. The Kier molecular flexibility index (Phi) is 6.70. The number of carbonyl (C=O) groups is 1. The van der Waals surface area contributed by atoms with Crippen molar-refractivity contribution in [2.24, 2.45) is 5.73 Å². The highest BCUT2D eigenvalue weighted by Gasteiger charge is 2.04.